The first kappa shape index (κ1) is 46.8. The lowest BCUT2D eigenvalue weighted by Gasteiger charge is -2.18. The molecule has 9 heteroatoms. The quantitative estimate of drug-likeness (QED) is 0.142. The fourth-order valence-corrected chi connectivity index (χ4v) is 12.1. The first-order valence-electron chi connectivity index (χ1n) is 27.4. The van der Waals surface area contributed by atoms with Gasteiger partial charge in [-0.1, -0.05) is 212 Å². The van der Waals surface area contributed by atoms with Crippen molar-refractivity contribution in [1.82, 2.24) is 44.0 Å². The van der Waals surface area contributed by atoms with Crippen LogP contribution in [0.2, 0.25) is 0 Å². The maximum Gasteiger partial charge on any atom is 0.167 e. The molecule has 0 saturated carbocycles. The van der Waals surface area contributed by atoms with E-state index in [2.05, 4.69) is 197 Å². The molecule has 382 valence electrons. The Kier molecular flexibility index (Phi) is 11.0. The van der Waals surface area contributed by atoms with Crippen molar-refractivity contribution in [2.24, 2.45) is 0 Å². The van der Waals surface area contributed by atoms with E-state index < -0.39 is 0 Å². The van der Waals surface area contributed by atoms with Gasteiger partial charge in [-0.25, -0.2) is 34.9 Å². The zero-order valence-corrected chi connectivity index (χ0v) is 44.0. The van der Waals surface area contributed by atoms with Gasteiger partial charge >= 0.3 is 0 Å². The molecule has 5 heterocycles. The summed E-state index contributed by atoms with van der Waals surface area (Å²) in [5.74, 6) is 2.56. The fraction of sp³-hybridized carbons (Fsp3) is 0. The van der Waals surface area contributed by atoms with E-state index in [0.29, 0.717) is 40.2 Å². The van der Waals surface area contributed by atoms with Gasteiger partial charge < -0.3 is 9.13 Å². The minimum atomic E-state index is 0.428. The number of para-hydroxylation sites is 1. The largest absolute Gasteiger partial charge is 0.308 e. The van der Waals surface area contributed by atoms with Crippen LogP contribution in [0.1, 0.15) is 0 Å². The third-order valence-electron chi connectivity index (χ3n) is 15.7. The van der Waals surface area contributed by atoms with Crippen LogP contribution in [-0.4, -0.2) is 44.0 Å². The van der Waals surface area contributed by atoms with Gasteiger partial charge in [0.25, 0.3) is 0 Å². The van der Waals surface area contributed by atoms with E-state index in [1.54, 1.807) is 24.8 Å². The molecule has 16 aromatic rings. The second kappa shape index (κ2) is 19.3. The van der Waals surface area contributed by atoms with Crippen LogP contribution in [-0.2, 0) is 0 Å². The Morgan fingerprint density at radius 2 is 0.549 bits per heavy atom. The highest BCUT2D eigenvalue weighted by Crippen LogP contribution is 2.53. The number of hydrogen-bond donors (Lipinski definition) is 0. The molecule has 11 aromatic carbocycles. The molecule has 0 saturated heterocycles. The van der Waals surface area contributed by atoms with E-state index in [4.69, 9.17) is 34.9 Å². The van der Waals surface area contributed by atoms with E-state index in [-0.39, 0.29) is 0 Å². The number of rotatable bonds is 9. The van der Waals surface area contributed by atoms with E-state index in [1.165, 1.54) is 32.4 Å². The van der Waals surface area contributed by atoms with E-state index in [1.807, 2.05) is 60.7 Å². The number of fused-ring (bicyclic) bond motifs is 10. The van der Waals surface area contributed by atoms with Gasteiger partial charge in [-0.05, 0) is 58.3 Å². The Balaban J connectivity index is 0.978. The summed E-state index contributed by atoms with van der Waals surface area (Å²) >= 11 is 0. The highest BCUT2D eigenvalue weighted by molar-refractivity contribution is 6.36. The maximum atomic E-state index is 5.16. The minimum absolute atomic E-state index is 0.428. The van der Waals surface area contributed by atoms with Gasteiger partial charge in [-0.2, -0.15) is 0 Å². The molecule has 0 spiro atoms. The lowest BCUT2D eigenvalue weighted by Crippen LogP contribution is -2.02. The molecule has 0 aliphatic rings. The highest BCUT2D eigenvalue weighted by atomic mass is 15.1. The fourth-order valence-electron chi connectivity index (χ4n) is 12.1. The average Bonchev–Trinajstić information content (AvgIpc) is 3.55. The Morgan fingerprint density at radius 3 is 0.963 bits per heavy atom. The summed E-state index contributed by atoms with van der Waals surface area (Å²) in [7, 11) is 0. The van der Waals surface area contributed by atoms with Gasteiger partial charge in [-0.15, -0.1) is 0 Å². The van der Waals surface area contributed by atoms with Crippen LogP contribution < -0.4 is 0 Å². The third-order valence-corrected chi connectivity index (χ3v) is 15.7. The summed E-state index contributed by atoms with van der Waals surface area (Å²) < 4.78 is 5.05. The molecule has 82 heavy (non-hydrogen) atoms. The van der Waals surface area contributed by atoms with Crippen LogP contribution >= 0.6 is 0 Å². The Bertz CT molecular complexity index is 4990. The van der Waals surface area contributed by atoms with E-state index in [0.717, 1.165) is 83.0 Å². The van der Waals surface area contributed by atoms with Crippen LogP contribution in [0.5, 0.6) is 0 Å². The van der Waals surface area contributed by atoms with Crippen molar-refractivity contribution in [1.29, 1.82) is 0 Å². The zero-order valence-electron chi connectivity index (χ0n) is 44.0. The molecule has 0 radical (unpaired) electrons. The standard InChI is InChI=1S/C73H45N9/c1-6-22-48(23-7-1)61-64-60-41-37-47-21-17-19-33-58(47)66(60)82(68(64)62(49-24-8-2-9-25-49)63-59-40-36-46-20-16-18-32-57(46)65(59)81(67(61)63)55-30-14-5-15-31-55)56-38-34-52(35-39-56)71-78-72(53-42-74-69(75-43-53)50-26-10-3-11-27-50)80-73(79-71)54-44-76-70(77-45-54)51-28-12-4-13-29-51/h1-45H. The average molecular weight is 1050 g/mol. The zero-order chi connectivity index (χ0) is 54.1. The molecule has 9 nitrogen and oxygen atoms in total. The van der Waals surface area contributed by atoms with Crippen LogP contribution in [0.15, 0.2) is 274 Å². The summed E-state index contributed by atoms with van der Waals surface area (Å²) in [6, 6.07) is 88.1. The van der Waals surface area contributed by atoms with E-state index >= 15 is 0 Å². The topological polar surface area (TPSA) is 100 Å². The van der Waals surface area contributed by atoms with Crippen LogP contribution in [0.4, 0.5) is 0 Å². The van der Waals surface area contributed by atoms with Crippen molar-refractivity contribution in [3.8, 4) is 90.6 Å². The van der Waals surface area contributed by atoms with E-state index in [9.17, 15) is 0 Å². The molecule has 0 amide bonds. The van der Waals surface area contributed by atoms with Gasteiger partial charge in [0.2, 0.25) is 0 Å². The van der Waals surface area contributed by atoms with Crippen LogP contribution in [0, 0.1) is 0 Å². The van der Waals surface area contributed by atoms with Gasteiger partial charge in [0, 0.05) is 96.3 Å². The summed E-state index contributed by atoms with van der Waals surface area (Å²) in [4.78, 5) is 34.4. The second-order valence-corrected chi connectivity index (χ2v) is 20.5. The first-order chi connectivity index (χ1) is 40.7. The van der Waals surface area contributed by atoms with Crippen molar-refractivity contribution < 1.29 is 0 Å². The van der Waals surface area contributed by atoms with Crippen LogP contribution in [0.3, 0.4) is 0 Å². The Labute approximate surface area is 470 Å². The molecular weight excluding hydrogens is 1000 g/mol. The lowest BCUT2D eigenvalue weighted by molar-refractivity contribution is 1.05. The highest BCUT2D eigenvalue weighted by Gasteiger charge is 2.30. The predicted molar refractivity (Wildman–Crippen MR) is 333 cm³/mol. The summed E-state index contributed by atoms with van der Waals surface area (Å²) in [6.07, 6.45) is 7.09. The summed E-state index contributed by atoms with van der Waals surface area (Å²) in [6.45, 7) is 0. The minimum Gasteiger partial charge on any atom is -0.308 e. The number of aromatic nitrogens is 9. The Hall–Kier alpha value is -11.3. The molecular formula is C73H45N9. The van der Waals surface area contributed by atoms with Crippen molar-refractivity contribution in [3.63, 3.8) is 0 Å². The molecule has 5 aromatic heterocycles. The first-order valence-corrected chi connectivity index (χ1v) is 27.4. The van der Waals surface area contributed by atoms with Crippen molar-refractivity contribution in [3.05, 3.63) is 274 Å². The normalized spacial score (nSPS) is 11.7. The number of hydrogen-bond acceptors (Lipinski definition) is 7. The lowest BCUT2D eigenvalue weighted by atomic mass is 9.89. The van der Waals surface area contributed by atoms with Crippen molar-refractivity contribution >= 4 is 65.2 Å². The second-order valence-electron chi connectivity index (χ2n) is 20.5. The van der Waals surface area contributed by atoms with Crippen LogP contribution in [0.25, 0.3) is 156 Å². The molecule has 0 unspecified atom stereocenters. The molecule has 0 bridgehead atoms. The molecule has 16 rings (SSSR count). The van der Waals surface area contributed by atoms with Gasteiger partial charge in [-0.3, -0.25) is 0 Å². The molecule has 0 N–H and O–H groups in total. The Morgan fingerprint density at radius 1 is 0.220 bits per heavy atom. The van der Waals surface area contributed by atoms with Crippen molar-refractivity contribution in [2.75, 3.05) is 0 Å². The van der Waals surface area contributed by atoms with Gasteiger partial charge in [0.15, 0.2) is 29.1 Å². The smallest absolute Gasteiger partial charge is 0.167 e. The molecule has 0 fully saturated rings. The predicted octanol–water partition coefficient (Wildman–Crippen LogP) is 17.6. The SMILES string of the molecule is c1ccc(-c2ncc(-c3nc(-c4ccc(-n5c6c(-c7ccccc7)c7c8ccc9ccccc9c8n(-c8ccccc8)c7c(-c7ccccc7)c6c6ccc7ccccc7c65)cc4)nc(-c4cnc(-c5ccccc5)nc4)n3)cn2)cc1. The van der Waals surface area contributed by atoms with Gasteiger partial charge in [0.1, 0.15) is 0 Å². The number of nitrogens with zero attached hydrogens (tertiary/aromatic N) is 9. The maximum absolute atomic E-state index is 5.16. The molecule has 0 aliphatic heterocycles. The molecule has 0 atom stereocenters. The number of benzene rings is 11. The van der Waals surface area contributed by atoms with Gasteiger partial charge in [0.05, 0.1) is 33.2 Å². The monoisotopic (exact) mass is 1050 g/mol. The summed E-state index contributed by atoms with van der Waals surface area (Å²) in [5, 5.41) is 9.35. The summed E-state index contributed by atoms with van der Waals surface area (Å²) in [5.41, 5.74) is 15.1. The molecule has 0 aliphatic carbocycles. The van der Waals surface area contributed by atoms with Crippen molar-refractivity contribution in [2.45, 2.75) is 0 Å². The third kappa shape index (κ3) is 7.67.